The predicted molar refractivity (Wildman–Crippen MR) is 86.1 cm³/mol. The van der Waals surface area contributed by atoms with Crippen molar-refractivity contribution in [2.75, 3.05) is 5.32 Å². The van der Waals surface area contributed by atoms with Gasteiger partial charge in [-0.25, -0.2) is 9.97 Å². The predicted octanol–water partition coefficient (Wildman–Crippen LogP) is 2.68. The first-order valence-electron chi connectivity index (χ1n) is 7.64. The van der Waals surface area contributed by atoms with Gasteiger partial charge in [0.25, 0.3) is 5.91 Å². The second-order valence-electron chi connectivity index (χ2n) is 5.66. The van der Waals surface area contributed by atoms with Crippen LogP contribution in [0, 0.1) is 6.92 Å². The third-order valence-corrected chi connectivity index (χ3v) is 3.64. The number of hydrogen-bond acceptors (Lipinski definition) is 4. The van der Waals surface area contributed by atoms with E-state index in [1.165, 1.54) is 10.9 Å². The minimum Gasteiger partial charge on any atom is -0.322 e. The molecule has 0 radical (unpaired) electrons. The summed E-state index contributed by atoms with van der Waals surface area (Å²) < 4.78 is 41.0. The Hall–Kier alpha value is -3.17. The van der Waals surface area contributed by atoms with Crippen molar-refractivity contribution < 1.29 is 18.0 Å². The molecule has 0 aliphatic carbocycles. The molecule has 0 saturated heterocycles. The minimum atomic E-state index is -4.59. The van der Waals surface area contributed by atoms with Crippen LogP contribution in [0.1, 0.15) is 17.3 Å². The van der Waals surface area contributed by atoms with E-state index in [0.717, 1.165) is 22.7 Å². The standard InChI is InChI=1S/C16H15F3N6O/c1-11-3-4-14(20-7-11)23-15(26)12(8-25-6-2-5-22-25)24-9-13(21-10-24)16(17,18)19/h2-7,9-10,12H,8H2,1H3,(H,20,23,26)/t12-/m0/s1. The summed E-state index contributed by atoms with van der Waals surface area (Å²) in [5, 5.41) is 6.61. The van der Waals surface area contributed by atoms with Crippen LogP contribution in [-0.4, -0.2) is 30.2 Å². The fourth-order valence-electron chi connectivity index (χ4n) is 2.30. The topological polar surface area (TPSA) is 77.6 Å². The minimum absolute atomic E-state index is 0.0400. The van der Waals surface area contributed by atoms with Gasteiger partial charge >= 0.3 is 6.18 Å². The van der Waals surface area contributed by atoms with Gasteiger partial charge < -0.3 is 9.88 Å². The lowest BCUT2D eigenvalue weighted by Gasteiger charge is -2.18. The molecule has 3 aromatic heterocycles. The molecule has 7 nitrogen and oxygen atoms in total. The molecular weight excluding hydrogens is 349 g/mol. The van der Waals surface area contributed by atoms with Crippen molar-refractivity contribution in [2.45, 2.75) is 25.7 Å². The number of hydrogen-bond donors (Lipinski definition) is 1. The van der Waals surface area contributed by atoms with E-state index < -0.39 is 23.8 Å². The van der Waals surface area contributed by atoms with Gasteiger partial charge in [-0.2, -0.15) is 18.3 Å². The molecule has 0 aliphatic rings. The van der Waals surface area contributed by atoms with Gasteiger partial charge in [-0.3, -0.25) is 9.48 Å². The van der Waals surface area contributed by atoms with E-state index in [9.17, 15) is 18.0 Å². The summed E-state index contributed by atoms with van der Waals surface area (Å²) in [5.74, 6) is -0.217. The number of nitrogens with one attached hydrogen (secondary N) is 1. The molecule has 0 bridgehead atoms. The van der Waals surface area contributed by atoms with Crippen molar-refractivity contribution in [1.82, 2.24) is 24.3 Å². The smallest absolute Gasteiger partial charge is 0.322 e. The fraction of sp³-hybridized carbons (Fsp3) is 0.250. The summed E-state index contributed by atoms with van der Waals surface area (Å²) in [7, 11) is 0. The maximum Gasteiger partial charge on any atom is 0.434 e. The summed E-state index contributed by atoms with van der Waals surface area (Å²) in [4.78, 5) is 20.1. The highest BCUT2D eigenvalue weighted by molar-refractivity contribution is 5.92. The number of alkyl halides is 3. The lowest BCUT2D eigenvalue weighted by Crippen LogP contribution is -2.29. The highest BCUT2D eigenvalue weighted by Gasteiger charge is 2.35. The highest BCUT2D eigenvalue weighted by Crippen LogP contribution is 2.28. The van der Waals surface area contributed by atoms with E-state index in [2.05, 4.69) is 20.4 Å². The Morgan fingerprint density at radius 1 is 1.31 bits per heavy atom. The van der Waals surface area contributed by atoms with Gasteiger partial charge in [0, 0.05) is 24.8 Å². The van der Waals surface area contributed by atoms with Crippen molar-refractivity contribution in [2.24, 2.45) is 0 Å². The molecule has 0 aliphatic heterocycles. The zero-order valence-electron chi connectivity index (χ0n) is 13.7. The number of carbonyl (C=O) groups is 1. The summed E-state index contributed by atoms with van der Waals surface area (Å²) in [6.07, 6.45) is 1.92. The zero-order chi connectivity index (χ0) is 18.7. The van der Waals surface area contributed by atoms with E-state index in [-0.39, 0.29) is 6.54 Å². The molecule has 26 heavy (non-hydrogen) atoms. The van der Waals surface area contributed by atoms with E-state index in [4.69, 9.17) is 0 Å². The first kappa shape index (κ1) is 17.6. The molecule has 1 N–H and O–H groups in total. The molecule has 1 amide bonds. The van der Waals surface area contributed by atoms with Crippen LogP contribution in [0.25, 0.3) is 0 Å². The maximum atomic E-state index is 12.8. The Morgan fingerprint density at radius 2 is 2.12 bits per heavy atom. The van der Waals surface area contributed by atoms with E-state index in [0.29, 0.717) is 5.82 Å². The second kappa shape index (κ2) is 6.98. The SMILES string of the molecule is Cc1ccc(NC(=O)[C@H](Cn2cccn2)n2cnc(C(F)(F)F)c2)nc1. The molecule has 10 heteroatoms. The van der Waals surface area contributed by atoms with Gasteiger partial charge in [0.05, 0.1) is 12.9 Å². The van der Waals surface area contributed by atoms with Gasteiger partial charge in [-0.1, -0.05) is 6.07 Å². The highest BCUT2D eigenvalue weighted by atomic mass is 19.4. The average Bonchev–Trinajstić information content (AvgIpc) is 3.25. The Balaban J connectivity index is 1.86. The van der Waals surface area contributed by atoms with Crippen LogP contribution in [0.3, 0.4) is 0 Å². The van der Waals surface area contributed by atoms with Gasteiger partial charge in [0.15, 0.2) is 5.69 Å². The monoisotopic (exact) mass is 364 g/mol. The van der Waals surface area contributed by atoms with Crippen molar-refractivity contribution >= 4 is 11.7 Å². The van der Waals surface area contributed by atoms with Crippen LogP contribution in [0.5, 0.6) is 0 Å². The third kappa shape index (κ3) is 4.08. The Kier molecular flexibility index (Phi) is 4.74. The van der Waals surface area contributed by atoms with Gasteiger partial charge in [-0.15, -0.1) is 0 Å². The second-order valence-corrected chi connectivity index (χ2v) is 5.66. The number of aryl methyl sites for hydroxylation is 1. The zero-order valence-corrected chi connectivity index (χ0v) is 13.7. The number of aromatic nitrogens is 5. The first-order valence-corrected chi connectivity index (χ1v) is 7.64. The molecule has 1 atom stereocenters. The lowest BCUT2D eigenvalue weighted by molar-refractivity contribution is -0.141. The molecule has 0 saturated carbocycles. The fourth-order valence-corrected chi connectivity index (χ4v) is 2.30. The summed E-state index contributed by atoms with van der Waals surface area (Å²) in [6, 6.07) is 4.06. The number of rotatable bonds is 5. The molecule has 3 aromatic rings. The number of pyridine rings is 1. The number of nitrogens with zero attached hydrogens (tertiary/aromatic N) is 5. The number of carbonyl (C=O) groups excluding carboxylic acids is 1. The molecule has 0 fully saturated rings. The lowest BCUT2D eigenvalue weighted by atomic mass is 10.2. The van der Waals surface area contributed by atoms with Crippen LogP contribution >= 0.6 is 0 Å². The molecule has 0 aromatic carbocycles. The van der Waals surface area contributed by atoms with Crippen LogP contribution in [0.4, 0.5) is 19.0 Å². The van der Waals surface area contributed by atoms with Gasteiger partial charge in [0.2, 0.25) is 0 Å². The Labute approximate surface area is 146 Å². The normalized spacial score (nSPS) is 12.8. The molecular formula is C16H15F3N6O. The maximum absolute atomic E-state index is 12.8. The number of halogens is 3. The molecule has 3 heterocycles. The van der Waals surface area contributed by atoms with Crippen LogP contribution in [0.15, 0.2) is 49.3 Å². The third-order valence-electron chi connectivity index (χ3n) is 3.64. The van der Waals surface area contributed by atoms with E-state index in [1.54, 1.807) is 30.6 Å². The van der Waals surface area contributed by atoms with Crippen LogP contribution in [0.2, 0.25) is 0 Å². The quantitative estimate of drug-likeness (QED) is 0.755. The van der Waals surface area contributed by atoms with Crippen LogP contribution in [-0.2, 0) is 17.5 Å². The van der Waals surface area contributed by atoms with Gasteiger partial charge in [-0.05, 0) is 24.6 Å². The summed E-state index contributed by atoms with van der Waals surface area (Å²) >= 11 is 0. The molecule has 136 valence electrons. The van der Waals surface area contributed by atoms with Crippen molar-refractivity contribution in [1.29, 1.82) is 0 Å². The molecule has 3 rings (SSSR count). The molecule has 0 unspecified atom stereocenters. The Morgan fingerprint density at radius 3 is 2.69 bits per heavy atom. The van der Waals surface area contributed by atoms with Crippen molar-refractivity contribution in [3.63, 3.8) is 0 Å². The summed E-state index contributed by atoms with van der Waals surface area (Å²) in [6.45, 7) is 1.89. The van der Waals surface area contributed by atoms with E-state index >= 15 is 0 Å². The first-order chi connectivity index (χ1) is 12.3. The van der Waals surface area contributed by atoms with Gasteiger partial charge in [0.1, 0.15) is 11.9 Å². The average molecular weight is 364 g/mol. The van der Waals surface area contributed by atoms with Crippen molar-refractivity contribution in [3.05, 3.63) is 60.6 Å². The number of anilines is 1. The largest absolute Gasteiger partial charge is 0.434 e. The Bertz CT molecular complexity index is 870. The van der Waals surface area contributed by atoms with Crippen LogP contribution < -0.4 is 5.32 Å². The van der Waals surface area contributed by atoms with Crippen molar-refractivity contribution in [3.8, 4) is 0 Å². The number of amides is 1. The molecule has 0 spiro atoms. The number of imidazole rings is 1. The van der Waals surface area contributed by atoms with E-state index in [1.807, 2.05) is 6.92 Å². The summed E-state index contributed by atoms with van der Waals surface area (Å²) in [5.41, 5.74) is -0.148.